The molecule has 1 aromatic carbocycles. The molecule has 0 aromatic heterocycles. The molecule has 8 nitrogen and oxygen atoms in total. The highest BCUT2D eigenvalue weighted by atomic mass is 19.4. The van der Waals surface area contributed by atoms with Crippen molar-refractivity contribution in [1.29, 1.82) is 0 Å². The van der Waals surface area contributed by atoms with Crippen LogP contribution < -0.4 is 4.90 Å². The van der Waals surface area contributed by atoms with Crippen molar-refractivity contribution in [2.24, 2.45) is 5.92 Å². The van der Waals surface area contributed by atoms with Gasteiger partial charge in [-0.25, -0.2) is 4.79 Å². The van der Waals surface area contributed by atoms with Crippen LogP contribution in [0.5, 0.6) is 0 Å². The van der Waals surface area contributed by atoms with Crippen molar-refractivity contribution in [3.63, 3.8) is 0 Å². The molecule has 0 unspecified atom stereocenters. The van der Waals surface area contributed by atoms with Gasteiger partial charge in [0, 0.05) is 37.3 Å². The number of hydroxylamine groups is 3. The Morgan fingerprint density at radius 1 is 1.03 bits per heavy atom. The van der Waals surface area contributed by atoms with Gasteiger partial charge in [0.05, 0.1) is 18.8 Å². The van der Waals surface area contributed by atoms with E-state index < -0.39 is 16.8 Å². The number of halogens is 3. The van der Waals surface area contributed by atoms with Gasteiger partial charge in [-0.05, 0) is 31.4 Å². The fourth-order valence-corrected chi connectivity index (χ4v) is 4.71. The minimum absolute atomic E-state index is 0.00801. The Morgan fingerprint density at radius 2 is 1.71 bits per heavy atom. The molecule has 1 saturated carbocycles. The summed E-state index contributed by atoms with van der Waals surface area (Å²) in [5, 5.41) is 0. The lowest BCUT2D eigenvalue weighted by atomic mass is 10.1. The molecular formula is C24H29F3N3O5+. The van der Waals surface area contributed by atoms with Crippen LogP contribution >= 0.6 is 0 Å². The number of hydrogen-bond acceptors (Lipinski definition) is 5. The van der Waals surface area contributed by atoms with Crippen LogP contribution in [0.25, 0.3) is 0 Å². The molecule has 4 rings (SSSR count). The first-order valence-corrected chi connectivity index (χ1v) is 12.0. The van der Waals surface area contributed by atoms with E-state index in [0.29, 0.717) is 30.6 Å². The van der Waals surface area contributed by atoms with E-state index in [4.69, 9.17) is 4.84 Å². The van der Waals surface area contributed by atoms with Crippen LogP contribution in [0.15, 0.2) is 24.3 Å². The Balaban J connectivity index is 1.39. The zero-order valence-electron chi connectivity index (χ0n) is 19.4. The number of piperazine rings is 1. The second kappa shape index (κ2) is 9.96. The molecule has 1 saturated heterocycles. The number of ketones is 1. The topological polar surface area (TPSA) is 84.0 Å². The molecule has 2 fully saturated rings. The summed E-state index contributed by atoms with van der Waals surface area (Å²) in [6.07, 6.45) is -2.37. The number of amides is 2. The normalized spacial score (nSPS) is 20.3. The molecule has 2 heterocycles. The van der Waals surface area contributed by atoms with Gasteiger partial charge in [-0.2, -0.15) is 13.2 Å². The third-order valence-electron chi connectivity index (χ3n) is 6.86. The predicted octanol–water partition coefficient (Wildman–Crippen LogP) is 2.87. The SMILES string of the molecule is O=C1CCC(=O)N(CCCC[N+]2(OC(=O)C(F)(F)F)CCN(C(=O)C3CC3)CC2)c2ccccc21. The second-order valence-electron chi connectivity index (χ2n) is 9.40. The molecule has 0 radical (unpaired) electrons. The molecule has 0 atom stereocenters. The van der Waals surface area contributed by atoms with Gasteiger partial charge < -0.3 is 9.80 Å². The van der Waals surface area contributed by atoms with Gasteiger partial charge in [0.25, 0.3) is 0 Å². The van der Waals surface area contributed by atoms with E-state index in [1.165, 1.54) is 0 Å². The van der Waals surface area contributed by atoms with Gasteiger partial charge in [0.1, 0.15) is 19.6 Å². The Labute approximate surface area is 201 Å². The van der Waals surface area contributed by atoms with Gasteiger partial charge in [0.2, 0.25) is 11.8 Å². The maximum atomic E-state index is 13.0. The van der Waals surface area contributed by atoms with Gasteiger partial charge >= 0.3 is 12.1 Å². The van der Waals surface area contributed by atoms with Crippen molar-refractivity contribution in [2.45, 2.75) is 44.7 Å². The summed E-state index contributed by atoms with van der Waals surface area (Å²) in [4.78, 5) is 57.1. The molecule has 0 bridgehead atoms. The summed E-state index contributed by atoms with van der Waals surface area (Å²) in [7, 11) is 0. The van der Waals surface area contributed by atoms with E-state index in [1.807, 2.05) is 0 Å². The molecule has 1 aliphatic carbocycles. The average Bonchev–Trinajstić information content (AvgIpc) is 3.68. The highest BCUT2D eigenvalue weighted by Crippen LogP contribution is 2.32. The van der Waals surface area contributed by atoms with Crippen LogP contribution in [0, 0.1) is 5.92 Å². The first kappa shape index (κ1) is 25.2. The minimum Gasteiger partial charge on any atom is -0.331 e. The summed E-state index contributed by atoms with van der Waals surface area (Å²) >= 11 is 0. The number of benzene rings is 1. The van der Waals surface area contributed by atoms with E-state index in [9.17, 15) is 32.3 Å². The van der Waals surface area contributed by atoms with Crippen molar-refractivity contribution >= 4 is 29.3 Å². The van der Waals surface area contributed by atoms with Gasteiger partial charge in [0.15, 0.2) is 5.78 Å². The number of unbranched alkanes of at least 4 members (excludes halogenated alkanes) is 1. The van der Waals surface area contributed by atoms with Crippen LogP contribution in [0.4, 0.5) is 18.9 Å². The summed E-state index contributed by atoms with van der Waals surface area (Å²) in [6, 6.07) is 6.88. The number of rotatable bonds is 7. The van der Waals surface area contributed by atoms with Crippen LogP contribution in [0.2, 0.25) is 0 Å². The lowest BCUT2D eigenvalue weighted by Gasteiger charge is -2.41. The van der Waals surface area contributed by atoms with E-state index in [0.717, 1.165) is 12.8 Å². The molecule has 1 aromatic rings. The molecule has 0 spiro atoms. The minimum atomic E-state index is -5.11. The standard InChI is InChI=1S/C24H29F3N3O5/c25-24(26,27)23(34)35-30(15-12-28(13-16-30)22(33)17-7-8-17)14-4-3-11-29-19-6-2-1-5-18(19)20(31)9-10-21(29)32/h1-2,5-6,17H,3-4,7-16H2/q+1. The van der Waals surface area contributed by atoms with Gasteiger partial charge in [-0.15, -0.1) is 4.65 Å². The number of para-hydroxylation sites is 1. The smallest absolute Gasteiger partial charge is 0.331 e. The number of quaternary nitrogens is 1. The van der Waals surface area contributed by atoms with Crippen molar-refractivity contribution in [1.82, 2.24) is 4.90 Å². The fraction of sp³-hybridized carbons (Fsp3) is 0.583. The van der Waals surface area contributed by atoms with E-state index in [-0.39, 0.29) is 69.1 Å². The number of Topliss-reactive ketones (excluding diaryl/α,β-unsaturated/α-hetero) is 1. The third-order valence-corrected chi connectivity index (χ3v) is 6.86. The maximum absolute atomic E-state index is 13.0. The molecule has 2 amide bonds. The van der Waals surface area contributed by atoms with Crippen LogP contribution in [0.3, 0.4) is 0 Å². The summed E-state index contributed by atoms with van der Waals surface area (Å²) in [6.45, 7) is 1.04. The van der Waals surface area contributed by atoms with Crippen LogP contribution in [-0.4, -0.2) is 78.6 Å². The molecule has 3 aliphatic rings. The zero-order chi connectivity index (χ0) is 25.2. The molecule has 2 aliphatic heterocycles. The quantitative estimate of drug-likeness (QED) is 0.428. The number of fused-ring (bicyclic) bond motifs is 1. The number of nitrogens with zero attached hydrogens (tertiary/aromatic N) is 3. The van der Waals surface area contributed by atoms with E-state index in [1.54, 1.807) is 34.1 Å². The molecule has 0 N–H and O–H groups in total. The van der Waals surface area contributed by atoms with E-state index >= 15 is 0 Å². The number of hydrogen-bond donors (Lipinski definition) is 0. The monoisotopic (exact) mass is 496 g/mol. The fourth-order valence-electron chi connectivity index (χ4n) is 4.71. The van der Waals surface area contributed by atoms with Gasteiger partial charge in [-0.3, -0.25) is 19.2 Å². The lowest BCUT2D eigenvalue weighted by Crippen LogP contribution is -2.62. The van der Waals surface area contributed by atoms with Crippen LogP contribution in [0.1, 0.15) is 48.9 Å². The third kappa shape index (κ3) is 5.83. The Morgan fingerprint density at radius 3 is 2.37 bits per heavy atom. The zero-order valence-corrected chi connectivity index (χ0v) is 19.4. The summed E-state index contributed by atoms with van der Waals surface area (Å²) in [5.41, 5.74) is 1.03. The highest BCUT2D eigenvalue weighted by Gasteiger charge is 2.49. The van der Waals surface area contributed by atoms with Crippen molar-refractivity contribution in [2.75, 3.05) is 44.2 Å². The molecule has 190 valence electrons. The van der Waals surface area contributed by atoms with Gasteiger partial charge in [-0.1, -0.05) is 12.1 Å². The maximum Gasteiger partial charge on any atom is 0.497 e. The predicted molar refractivity (Wildman–Crippen MR) is 118 cm³/mol. The second-order valence-corrected chi connectivity index (χ2v) is 9.40. The number of anilines is 1. The number of carbonyl (C=O) groups excluding carboxylic acids is 4. The first-order valence-electron chi connectivity index (χ1n) is 12.0. The highest BCUT2D eigenvalue weighted by molar-refractivity contribution is 6.10. The summed E-state index contributed by atoms with van der Waals surface area (Å²) < 4.78 is 38.4. The lowest BCUT2D eigenvalue weighted by molar-refractivity contribution is -1.09. The number of carbonyl (C=O) groups is 4. The number of alkyl halides is 3. The van der Waals surface area contributed by atoms with Crippen LogP contribution in [-0.2, 0) is 19.2 Å². The van der Waals surface area contributed by atoms with Crippen molar-refractivity contribution in [3.8, 4) is 0 Å². The molecule has 11 heteroatoms. The molecular weight excluding hydrogens is 467 g/mol. The first-order chi connectivity index (χ1) is 16.6. The van der Waals surface area contributed by atoms with Crippen molar-refractivity contribution < 1.29 is 41.8 Å². The molecule has 35 heavy (non-hydrogen) atoms. The Kier molecular flexibility index (Phi) is 7.16. The van der Waals surface area contributed by atoms with Crippen molar-refractivity contribution in [3.05, 3.63) is 29.8 Å². The average molecular weight is 497 g/mol. The Bertz CT molecular complexity index is 1000. The van der Waals surface area contributed by atoms with E-state index in [2.05, 4.69) is 0 Å². The Hall–Kier alpha value is -2.95. The summed E-state index contributed by atoms with van der Waals surface area (Å²) in [5.74, 6) is -2.50. The largest absolute Gasteiger partial charge is 0.497 e.